The minimum Gasteiger partial charge on any atom is -0.507 e. The molecule has 10 heteroatoms. The lowest BCUT2D eigenvalue weighted by Gasteiger charge is -2.22. The summed E-state index contributed by atoms with van der Waals surface area (Å²) in [4.78, 5) is 28.9. The van der Waals surface area contributed by atoms with E-state index in [0.717, 1.165) is 22.3 Å². The first kappa shape index (κ1) is 34.7. The molecule has 1 saturated heterocycles. The normalized spacial score (nSPS) is 15.2. The molecule has 1 N–H and O–H groups in total. The highest BCUT2D eigenvalue weighted by Crippen LogP contribution is 2.44. The standard InChI is InChI=1S/C42H35N3O5S2/c1-27-12-14-30(15-13-27)26-51-42-44-43-41(52-42)45-37(31-16-20-34(21-17-31)49-24-29-9-4-3-5-10-29)36(39(47)40(45)48)38(46)32-18-22-35(23-19-32)50-25-33-11-7-6-8-28(33)2/h3-23,37,46H,24-26H2,1-2H3/b38-36+. The summed E-state index contributed by atoms with van der Waals surface area (Å²) in [6.07, 6.45) is 0. The molecule has 52 heavy (non-hydrogen) atoms. The zero-order valence-electron chi connectivity index (χ0n) is 28.6. The topological polar surface area (TPSA) is 102 Å². The monoisotopic (exact) mass is 725 g/mol. The summed E-state index contributed by atoms with van der Waals surface area (Å²) in [6, 6.07) is 39.1. The maximum atomic E-state index is 13.8. The Morgan fingerprint density at radius 3 is 2.12 bits per heavy atom. The average Bonchev–Trinajstić information content (AvgIpc) is 3.75. The van der Waals surface area contributed by atoms with Gasteiger partial charge in [0.1, 0.15) is 30.5 Å². The molecule has 1 unspecified atom stereocenters. The maximum Gasteiger partial charge on any atom is 0.301 e. The van der Waals surface area contributed by atoms with Crippen LogP contribution in [0.15, 0.2) is 137 Å². The van der Waals surface area contributed by atoms with Crippen LogP contribution in [-0.4, -0.2) is 27.0 Å². The number of thioether (sulfide) groups is 1. The van der Waals surface area contributed by atoms with Crippen molar-refractivity contribution < 1.29 is 24.2 Å². The van der Waals surface area contributed by atoms with E-state index in [-0.39, 0.29) is 16.5 Å². The third-order valence-electron chi connectivity index (χ3n) is 8.76. The third-order valence-corrected chi connectivity index (χ3v) is 10.9. The van der Waals surface area contributed by atoms with Crippen molar-refractivity contribution in [3.05, 3.63) is 172 Å². The van der Waals surface area contributed by atoms with Crippen molar-refractivity contribution in [2.75, 3.05) is 4.90 Å². The van der Waals surface area contributed by atoms with E-state index >= 15 is 0 Å². The summed E-state index contributed by atoms with van der Waals surface area (Å²) in [5.41, 5.74) is 6.48. The van der Waals surface area contributed by atoms with Gasteiger partial charge < -0.3 is 14.6 Å². The maximum absolute atomic E-state index is 13.8. The first-order chi connectivity index (χ1) is 25.3. The average molecular weight is 726 g/mol. The van der Waals surface area contributed by atoms with Crippen LogP contribution in [0, 0.1) is 13.8 Å². The molecule has 5 aromatic carbocycles. The van der Waals surface area contributed by atoms with E-state index in [9.17, 15) is 14.7 Å². The number of benzene rings is 5. The number of amides is 1. The minimum atomic E-state index is -0.956. The second-order valence-electron chi connectivity index (χ2n) is 12.4. The summed E-state index contributed by atoms with van der Waals surface area (Å²) in [6.45, 7) is 4.85. The summed E-state index contributed by atoms with van der Waals surface area (Å²) >= 11 is 2.73. The number of rotatable bonds is 12. The lowest BCUT2D eigenvalue weighted by atomic mass is 9.95. The van der Waals surface area contributed by atoms with E-state index in [0.29, 0.717) is 45.9 Å². The number of anilines is 1. The molecule has 1 aliphatic rings. The van der Waals surface area contributed by atoms with Gasteiger partial charge in [-0.05, 0) is 78.1 Å². The Hall–Kier alpha value is -5.71. The van der Waals surface area contributed by atoms with E-state index in [1.165, 1.54) is 33.6 Å². The Kier molecular flexibility index (Phi) is 10.5. The Bertz CT molecular complexity index is 2220. The van der Waals surface area contributed by atoms with Crippen LogP contribution in [0.25, 0.3) is 5.76 Å². The van der Waals surface area contributed by atoms with Gasteiger partial charge in [-0.15, -0.1) is 10.2 Å². The van der Waals surface area contributed by atoms with Crippen LogP contribution in [0.5, 0.6) is 11.5 Å². The molecule has 0 saturated carbocycles. The number of ether oxygens (including phenoxy) is 2. The lowest BCUT2D eigenvalue weighted by Crippen LogP contribution is -2.29. The highest BCUT2D eigenvalue weighted by molar-refractivity contribution is 8.00. The molecule has 1 fully saturated rings. The number of aliphatic hydroxyl groups excluding tert-OH is 1. The minimum absolute atomic E-state index is 0.0411. The zero-order chi connectivity index (χ0) is 36.0. The Labute approximate surface area is 310 Å². The Morgan fingerprint density at radius 1 is 0.750 bits per heavy atom. The number of hydrogen-bond donors (Lipinski definition) is 1. The van der Waals surface area contributed by atoms with Crippen molar-refractivity contribution in [3.8, 4) is 11.5 Å². The van der Waals surface area contributed by atoms with E-state index < -0.39 is 17.7 Å². The van der Waals surface area contributed by atoms with Gasteiger partial charge in [0, 0.05) is 11.3 Å². The SMILES string of the molecule is Cc1ccc(CSc2nnc(N3C(=O)C(=O)/C(=C(/O)c4ccc(OCc5ccccc5C)cc4)C3c3ccc(OCc4ccccc4)cc3)s2)cc1. The van der Waals surface area contributed by atoms with Crippen molar-refractivity contribution in [2.45, 2.75) is 43.2 Å². The predicted octanol–water partition coefficient (Wildman–Crippen LogP) is 9.23. The number of Topliss-reactive ketones (excluding diaryl/α,β-unsaturated/α-hetero) is 1. The summed E-state index contributed by atoms with van der Waals surface area (Å²) in [5, 5.41) is 20.7. The number of carbonyl (C=O) groups excluding carboxylic acids is 2. The summed E-state index contributed by atoms with van der Waals surface area (Å²) in [7, 11) is 0. The molecular weight excluding hydrogens is 691 g/mol. The molecular formula is C42H35N3O5S2. The molecule has 0 radical (unpaired) electrons. The highest BCUT2D eigenvalue weighted by atomic mass is 32.2. The number of aryl methyl sites for hydroxylation is 2. The van der Waals surface area contributed by atoms with Gasteiger partial charge >= 0.3 is 5.91 Å². The van der Waals surface area contributed by atoms with Gasteiger partial charge in [-0.3, -0.25) is 14.5 Å². The van der Waals surface area contributed by atoms with E-state index in [1.54, 1.807) is 48.5 Å². The predicted molar refractivity (Wildman–Crippen MR) is 205 cm³/mol. The molecule has 1 atom stereocenters. The Balaban J connectivity index is 1.18. The van der Waals surface area contributed by atoms with Crippen molar-refractivity contribution >= 4 is 45.7 Å². The smallest absolute Gasteiger partial charge is 0.301 e. The van der Waals surface area contributed by atoms with Crippen molar-refractivity contribution in [3.63, 3.8) is 0 Å². The molecule has 260 valence electrons. The quantitative estimate of drug-likeness (QED) is 0.0438. The van der Waals surface area contributed by atoms with Crippen LogP contribution in [0.3, 0.4) is 0 Å². The van der Waals surface area contributed by atoms with Gasteiger partial charge in [-0.2, -0.15) is 0 Å². The molecule has 0 spiro atoms. The van der Waals surface area contributed by atoms with Gasteiger partial charge in [0.25, 0.3) is 5.78 Å². The molecule has 6 aromatic rings. The number of hydrogen-bond acceptors (Lipinski definition) is 9. The van der Waals surface area contributed by atoms with Crippen LogP contribution in [0.4, 0.5) is 5.13 Å². The largest absolute Gasteiger partial charge is 0.507 e. The van der Waals surface area contributed by atoms with Gasteiger partial charge in [0.05, 0.1) is 11.6 Å². The fourth-order valence-electron chi connectivity index (χ4n) is 5.82. The third kappa shape index (κ3) is 7.78. The van der Waals surface area contributed by atoms with E-state index in [4.69, 9.17) is 9.47 Å². The Morgan fingerprint density at radius 2 is 1.40 bits per heavy atom. The fraction of sp³-hybridized carbons (Fsp3) is 0.143. The zero-order valence-corrected chi connectivity index (χ0v) is 30.2. The summed E-state index contributed by atoms with van der Waals surface area (Å²) in [5.74, 6) is 0.00564. The molecule has 2 heterocycles. The summed E-state index contributed by atoms with van der Waals surface area (Å²) < 4.78 is 12.7. The highest BCUT2D eigenvalue weighted by Gasteiger charge is 2.48. The first-order valence-corrected chi connectivity index (χ1v) is 18.5. The number of aliphatic hydroxyl groups is 1. The number of carbonyl (C=O) groups is 2. The molecule has 0 bridgehead atoms. The van der Waals surface area contributed by atoms with Crippen LogP contribution in [-0.2, 0) is 28.6 Å². The lowest BCUT2D eigenvalue weighted by molar-refractivity contribution is -0.132. The van der Waals surface area contributed by atoms with Crippen molar-refractivity contribution in [1.82, 2.24) is 10.2 Å². The molecule has 0 aliphatic carbocycles. The van der Waals surface area contributed by atoms with Crippen LogP contribution in [0.1, 0.15) is 45.0 Å². The van der Waals surface area contributed by atoms with Gasteiger partial charge in [-0.25, -0.2) is 0 Å². The molecule has 1 aliphatic heterocycles. The number of nitrogens with zero attached hydrogens (tertiary/aromatic N) is 3. The molecule has 1 amide bonds. The van der Waals surface area contributed by atoms with Crippen LogP contribution in [0.2, 0.25) is 0 Å². The molecule has 1 aromatic heterocycles. The molecule has 7 rings (SSSR count). The fourth-order valence-corrected chi connectivity index (χ4v) is 7.64. The van der Waals surface area contributed by atoms with Gasteiger partial charge in [0.2, 0.25) is 5.13 Å². The van der Waals surface area contributed by atoms with E-state index in [2.05, 4.69) is 34.5 Å². The second-order valence-corrected chi connectivity index (χ2v) is 14.6. The molecule has 8 nitrogen and oxygen atoms in total. The number of aromatic nitrogens is 2. The van der Waals surface area contributed by atoms with Crippen LogP contribution < -0.4 is 14.4 Å². The number of ketones is 1. The first-order valence-electron chi connectivity index (χ1n) is 16.7. The van der Waals surface area contributed by atoms with Gasteiger partial charge in [-0.1, -0.05) is 120 Å². The second kappa shape index (κ2) is 15.7. The van der Waals surface area contributed by atoms with Gasteiger partial charge in [0.15, 0.2) is 4.34 Å². The van der Waals surface area contributed by atoms with Crippen molar-refractivity contribution in [2.24, 2.45) is 0 Å². The van der Waals surface area contributed by atoms with E-state index in [1.807, 2.05) is 68.4 Å². The van der Waals surface area contributed by atoms with Crippen molar-refractivity contribution in [1.29, 1.82) is 0 Å². The van der Waals surface area contributed by atoms with Crippen LogP contribution >= 0.6 is 23.1 Å².